The Hall–Kier alpha value is -2.33. The van der Waals surface area contributed by atoms with Gasteiger partial charge in [0, 0.05) is 12.7 Å². The van der Waals surface area contributed by atoms with Crippen molar-refractivity contribution in [3.05, 3.63) is 82.7 Å². The molecule has 2 aliphatic rings. The molecule has 0 aromatic heterocycles. The molecule has 1 nitrogen and oxygen atoms in total. The fraction of sp³-hybridized carbons (Fsp3) is 0.448. The van der Waals surface area contributed by atoms with E-state index in [2.05, 4.69) is 6.92 Å². The summed E-state index contributed by atoms with van der Waals surface area (Å²) in [6.07, 6.45) is 10.4. The van der Waals surface area contributed by atoms with Crippen molar-refractivity contribution in [2.24, 2.45) is 5.92 Å². The van der Waals surface area contributed by atoms with Crippen LogP contribution in [-0.2, 0) is 11.2 Å². The quantitative estimate of drug-likeness (QED) is 0.408. The molecule has 1 saturated carbocycles. The van der Waals surface area contributed by atoms with Gasteiger partial charge >= 0.3 is 0 Å². The van der Waals surface area contributed by atoms with E-state index >= 15 is 4.39 Å². The maximum absolute atomic E-state index is 15.0. The lowest BCUT2D eigenvalue weighted by molar-refractivity contribution is 0.113. The van der Waals surface area contributed by atoms with Crippen LogP contribution in [0.2, 0.25) is 0 Å². The van der Waals surface area contributed by atoms with E-state index in [1.165, 1.54) is 7.11 Å². The van der Waals surface area contributed by atoms with Crippen LogP contribution in [0.25, 0.3) is 11.1 Å². The molecular formula is C29H33F3O. The highest BCUT2D eigenvalue weighted by molar-refractivity contribution is 5.65. The third kappa shape index (κ3) is 5.43. The molecule has 4 heteroatoms. The molecule has 0 radical (unpaired) electrons. The summed E-state index contributed by atoms with van der Waals surface area (Å²) in [6, 6.07) is 11.1. The highest BCUT2D eigenvalue weighted by Gasteiger charge is 2.26. The molecule has 1 atom stereocenters. The molecule has 2 aromatic rings. The van der Waals surface area contributed by atoms with E-state index in [4.69, 9.17) is 4.74 Å². The number of ether oxygens (including phenoxy) is 1. The molecule has 2 aromatic carbocycles. The molecule has 0 amide bonds. The van der Waals surface area contributed by atoms with Gasteiger partial charge in [0.15, 0.2) is 11.6 Å². The number of allylic oxidation sites excluding steroid dienone is 2. The van der Waals surface area contributed by atoms with Crippen molar-refractivity contribution >= 4 is 0 Å². The summed E-state index contributed by atoms with van der Waals surface area (Å²) >= 11 is 0. The molecule has 0 N–H and O–H groups in total. The Morgan fingerprint density at radius 2 is 1.61 bits per heavy atom. The van der Waals surface area contributed by atoms with Crippen molar-refractivity contribution in [3.8, 4) is 11.1 Å². The second-order valence-electron chi connectivity index (χ2n) is 9.42. The lowest BCUT2D eigenvalue weighted by Gasteiger charge is -2.28. The number of hydrogen-bond donors (Lipinski definition) is 0. The Balaban J connectivity index is 1.41. The molecular weight excluding hydrogens is 421 g/mol. The van der Waals surface area contributed by atoms with E-state index < -0.39 is 17.7 Å². The van der Waals surface area contributed by atoms with E-state index in [9.17, 15) is 8.78 Å². The van der Waals surface area contributed by atoms with E-state index in [-0.39, 0.29) is 11.7 Å². The van der Waals surface area contributed by atoms with Crippen LogP contribution in [0.3, 0.4) is 0 Å². The fourth-order valence-electron chi connectivity index (χ4n) is 5.21. The van der Waals surface area contributed by atoms with Gasteiger partial charge in [-0.2, -0.15) is 0 Å². The molecule has 176 valence electrons. The Kier molecular flexibility index (Phi) is 7.75. The van der Waals surface area contributed by atoms with Crippen molar-refractivity contribution in [2.45, 2.75) is 70.3 Å². The Bertz CT molecular complexity index is 1010. The molecule has 0 saturated heterocycles. The van der Waals surface area contributed by atoms with Crippen molar-refractivity contribution in [2.75, 3.05) is 7.11 Å². The summed E-state index contributed by atoms with van der Waals surface area (Å²) in [7, 11) is 1.51. The van der Waals surface area contributed by atoms with Gasteiger partial charge in [0.05, 0.1) is 0 Å². The minimum atomic E-state index is -0.751. The molecule has 2 aliphatic carbocycles. The van der Waals surface area contributed by atoms with E-state index in [0.29, 0.717) is 23.1 Å². The second-order valence-corrected chi connectivity index (χ2v) is 9.42. The molecule has 4 rings (SSSR count). The summed E-state index contributed by atoms with van der Waals surface area (Å²) in [5.41, 5.74) is 3.53. The van der Waals surface area contributed by atoms with Gasteiger partial charge in [-0.3, -0.25) is 0 Å². The molecule has 1 fully saturated rings. The Morgan fingerprint density at radius 3 is 2.24 bits per heavy atom. The van der Waals surface area contributed by atoms with Crippen molar-refractivity contribution in [1.29, 1.82) is 0 Å². The summed E-state index contributed by atoms with van der Waals surface area (Å²) in [4.78, 5) is 0. The first-order valence-electron chi connectivity index (χ1n) is 12.2. The smallest absolute Gasteiger partial charge is 0.166 e. The van der Waals surface area contributed by atoms with Crippen LogP contribution >= 0.6 is 0 Å². The van der Waals surface area contributed by atoms with Gasteiger partial charge in [0.25, 0.3) is 0 Å². The molecule has 0 spiro atoms. The third-order valence-electron chi connectivity index (χ3n) is 7.45. The van der Waals surface area contributed by atoms with Gasteiger partial charge in [0.2, 0.25) is 0 Å². The molecule has 33 heavy (non-hydrogen) atoms. The Morgan fingerprint density at radius 1 is 0.879 bits per heavy atom. The average Bonchev–Trinajstić information content (AvgIpc) is 2.85. The number of rotatable bonds is 7. The number of methoxy groups -OCH3 is 1. The molecule has 0 aliphatic heterocycles. The average molecular weight is 455 g/mol. The zero-order valence-corrected chi connectivity index (χ0v) is 19.5. The number of hydrogen-bond acceptors (Lipinski definition) is 1. The van der Waals surface area contributed by atoms with Crippen LogP contribution in [0.15, 0.2) is 60.0 Å². The predicted octanol–water partition coefficient (Wildman–Crippen LogP) is 8.45. The van der Waals surface area contributed by atoms with Crippen LogP contribution in [-0.4, -0.2) is 13.2 Å². The van der Waals surface area contributed by atoms with E-state index in [1.54, 1.807) is 18.2 Å². The first-order valence-corrected chi connectivity index (χ1v) is 12.2. The number of halogens is 3. The SMILES string of the molecule is CCC1CCC(c2ccc(-c3ccc(CCC4=CCC(OC)C(F)=C4)cc3)c(F)c2F)CC1. The molecule has 0 heterocycles. The van der Waals surface area contributed by atoms with E-state index in [0.717, 1.165) is 62.0 Å². The second kappa shape index (κ2) is 10.7. The highest BCUT2D eigenvalue weighted by atomic mass is 19.2. The molecule has 1 unspecified atom stereocenters. The summed E-state index contributed by atoms with van der Waals surface area (Å²) in [6.45, 7) is 2.20. The van der Waals surface area contributed by atoms with Crippen molar-refractivity contribution in [3.63, 3.8) is 0 Å². The first-order chi connectivity index (χ1) is 16.0. The monoisotopic (exact) mass is 454 g/mol. The van der Waals surface area contributed by atoms with Gasteiger partial charge in [-0.15, -0.1) is 0 Å². The van der Waals surface area contributed by atoms with Crippen LogP contribution in [0.5, 0.6) is 0 Å². The number of aryl methyl sites for hydroxylation is 1. The zero-order chi connectivity index (χ0) is 23.4. The fourth-order valence-corrected chi connectivity index (χ4v) is 5.21. The summed E-state index contributed by atoms with van der Waals surface area (Å²) < 4.78 is 49.0. The Labute approximate surface area is 195 Å². The normalized spacial score (nSPS) is 23.2. The van der Waals surface area contributed by atoms with Gasteiger partial charge in [-0.25, -0.2) is 13.2 Å². The minimum Gasteiger partial charge on any atom is -0.374 e. The largest absolute Gasteiger partial charge is 0.374 e. The third-order valence-corrected chi connectivity index (χ3v) is 7.45. The standard InChI is InChI=1S/C29H33F3O/c1-3-19-6-11-22(12-7-19)24-15-16-25(29(32)28(24)31)23-13-8-20(9-14-23)4-5-21-10-17-27(33-2)26(30)18-21/h8-10,13-16,18-19,22,27H,3-7,11-12,17H2,1-2H3. The lowest BCUT2D eigenvalue weighted by atomic mass is 9.77. The van der Waals surface area contributed by atoms with Crippen LogP contribution in [0, 0.1) is 17.6 Å². The molecule has 0 bridgehead atoms. The predicted molar refractivity (Wildman–Crippen MR) is 128 cm³/mol. The summed E-state index contributed by atoms with van der Waals surface area (Å²) in [5.74, 6) is -0.836. The highest BCUT2D eigenvalue weighted by Crippen LogP contribution is 2.39. The topological polar surface area (TPSA) is 9.23 Å². The van der Waals surface area contributed by atoms with Crippen molar-refractivity contribution in [1.82, 2.24) is 0 Å². The maximum Gasteiger partial charge on any atom is 0.166 e. The van der Waals surface area contributed by atoms with Gasteiger partial charge < -0.3 is 4.74 Å². The summed E-state index contributed by atoms with van der Waals surface area (Å²) in [5, 5.41) is 0. The van der Waals surface area contributed by atoms with Crippen molar-refractivity contribution < 1.29 is 17.9 Å². The number of benzene rings is 2. The maximum atomic E-state index is 15.0. The van der Waals surface area contributed by atoms with Crippen LogP contribution < -0.4 is 0 Å². The van der Waals surface area contributed by atoms with Gasteiger partial charge in [-0.05, 0) is 85.1 Å². The van der Waals surface area contributed by atoms with Crippen LogP contribution in [0.1, 0.15) is 68.9 Å². The van der Waals surface area contributed by atoms with Gasteiger partial charge in [0.1, 0.15) is 11.9 Å². The zero-order valence-electron chi connectivity index (χ0n) is 19.5. The van der Waals surface area contributed by atoms with Crippen LogP contribution in [0.4, 0.5) is 13.2 Å². The van der Waals surface area contributed by atoms with Gasteiger partial charge in [-0.1, -0.05) is 55.8 Å². The minimum absolute atomic E-state index is 0.117. The van der Waals surface area contributed by atoms with E-state index in [1.807, 2.05) is 30.3 Å². The lowest BCUT2D eigenvalue weighted by Crippen LogP contribution is -2.14. The first kappa shape index (κ1) is 23.8.